The van der Waals surface area contributed by atoms with Crippen molar-refractivity contribution in [2.45, 2.75) is 122 Å². The van der Waals surface area contributed by atoms with E-state index in [-0.39, 0.29) is 59.4 Å². The van der Waals surface area contributed by atoms with Crippen molar-refractivity contribution in [3.8, 4) is 0 Å². The van der Waals surface area contributed by atoms with Gasteiger partial charge < -0.3 is 78.9 Å². The number of likely N-dealkylation sites (tertiary alicyclic amines) is 1. The zero-order valence-electron chi connectivity index (χ0n) is 43.8. The van der Waals surface area contributed by atoms with Crippen molar-refractivity contribution < 1.29 is 87.5 Å². The molecule has 2 aliphatic rings. The number of nitrogens with two attached hydrogens (primary N) is 1. The number of anilines is 2. The fraction of sp³-hybridized carbons (Fsp3) is 0.480. The van der Waals surface area contributed by atoms with Crippen LogP contribution in [0.4, 0.5) is 11.4 Å². The summed E-state index contributed by atoms with van der Waals surface area (Å²) in [5.74, 6) is -14.2. The van der Waals surface area contributed by atoms with E-state index in [1.807, 2.05) is 0 Å². The first-order chi connectivity index (χ1) is 37.2. The third-order valence-electron chi connectivity index (χ3n) is 12.6. The van der Waals surface area contributed by atoms with Gasteiger partial charge in [-0.2, -0.15) is 0 Å². The standard InChI is InChI=1S/C50H65N11O18/c1-6-28(45(74)58-32(21-62)44(73)53-19-34(65)52-20-35(66)55-29-14-13-27(51)38-39(29)43(72)26-11-8-7-10-25(26)42(38)71)56-48(77)33-12-9-17-61(33)50(79)41(23(4)63)60-49(78)40(22(2)3)59-46(75)30(15-16-36(67)68)57-47(76)31(18-37(69)70)54-24(5)64/h7-8,10-11,13-14,22-23,28,30-33,40-41,62-63H,6,9,12,15-21,51H2,1-5H3,(H,52,65)(H,53,73)(H,54,64)(H,55,66)(H,56,77)(H,57,76)(H,58,74)(H,59,75)(H,60,78)(H,67,68)(H,69,70)/t23-,28+,30+,31+,32+,33+,40+,41+/m1/s1. The monoisotopic (exact) mass is 1110 g/mol. The van der Waals surface area contributed by atoms with Gasteiger partial charge in [-0.3, -0.25) is 67.1 Å². The van der Waals surface area contributed by atoms with E-state index in [2.05, 4.69) is 47.9 Å². The second-order valence-electron chi connectivity index (χ2n) is 18.9. The smallest absolute Gasteiger partial charge is 0.305 e. The van der Waals surface area contributed by atoms with Crippen molar-refractivity contribution in [2.24, 2.45) is 5.92 Å². The topological polar surface area (TPSA) is 457 Å². The minimum Gasteiger partial charge on any atom is -0.481 e. The maximum atomic E-state index is 14.0. The summed E-state index contributed by atoms with van der Waals surface area (Å²) in [6.45, 7) is 4.23. The third-order valence-corrected chi connectivity index (χ3v) is 12.6. The zero-order valence-corrected chi connectivity index (χ0v) is 43.8. The molecule has 15 N–H and O–H groups in total. The molecule has 1 heterocycles. The number of fused-ring (bicyclic) bond motifs is 2. The number of nitrogens with one attached hydrogen (secondary N) is 9. The predicted octanol–water partition coefficient (Wildman–Crippen LogP) is -4.09. The Balaban J connectivity index is 1.33. The van der Waals surface area contributed by atoms with Crippen LogP contribution in [0.15, 0.2) is 36.4 Å². The van der Waals surface area contributed by atoms with Gasteiger partial charge in [0.05, 0.1) is 49.0 Å². The summed E-state index contributed by atoms with van der Waals surface area (Å²) in [5, 5.41) is 60.1. The van der Waals surface area contributed by atoms with Gasteiger partial charge >= 0.3 is 11.9 Å². The van der Waals surface area contributed by atoms with Crippen LogP contribution in [-0.4, -0.2) is 183 Å². The molecule has 1 saturated heterocycles. The number of aliphatic carboxylic acids is 2. The van der Waals surface area contributed by atoms with Gasteiger partial charge in [-0.15, -0.1) is 0 Å². The van der Waals surface area contributed by atoms with Gasteiger partial charge in [-0.1, -0.05) is 45.0 Å². The number of nitrogen functional groups attached to an aromatic ring is 1. The van der Waals surface area contributed by atoms with Gasteiger partial charge in [-0.25, -0.2) is 0 Å². The minimum absolute atomic E-state index is 0.0141. The molecule has 0 spiro atoms. The van der Waals surface area contributed by atoms with Gasteiger partial charge in [0.25, 0.3) is 0 Å². The van der Waals surface area contributed by atoms with Crippen LogP contribution in [0.1, 0.15) is 105 Å². The van der Waals surface area contributed by atoms with Crippen LogP contribution in [-0.2, 0) is 57.5 Å². The lowest BCUT2D eigenvalue weighted by Gasteiger charge is -2.32. The molecule has 29 nitrogen and oxygen atoms in total. The second kappa shape index (κ2) is 28.5. The zero-order chi connectivity index (χ0) is 59.0. The fourth-order valence-corrected chi connectivity index (χ4v) is 8.51. The van der Waals surface area contributed by atoms with Gasteiger partial charge in [0.15, 0.2) is 11.6 Å². The van der Waals surface area contributed by atoms with Gasteiger partial charge in [0.1, 0.15) is 42.3 Å². The minimum atomic E-state index is -1.73. The summed E-state index contributed by atoms with van der Waals surface area (Å²) in [6.07, 6.45) is -3.48. The predicted molar refractivity (Wildman–Crippen MR) is 274 cm³/mol. The van der Waals surface area contributed by atoms with Crippen molar-refractivity contribution in [3.63, 3.8) is 0 Å². The number of carboxylic acids is 2. The van der Waals surface area contributed by atoms with Crippen molar-refractivity contribution >= 4 is 94.0 Å². The quantitative estimate of drug-likeness (QED) is 0.0323. The summed E-state index contributed by atoms with van der Waals surface area (Å²) < 4.78 is 0. The van der Waals surface area contributed by atoms with E-state index in [0.717, 1.165) is 11.8 Å². The molecule has 0 bridgehead atoms. The molecule has 79 heavy (non-hydrogen) atoms. The van der Waals surface area contributed by atoms with E-state index in [1.165, 1.54) is 52.0 Å². The van der Waals surface area contributed by atoms with Gasteiger partial charge in [-0.05, 0) is 50.7 Å². The Morgan fingerprint density at radius 1 is 0.671 bits per heavy atom. The molecular weight excluding hydrogens is 1040 g/mol. The Hall–Kier alpha value is -8.86. The lowest BCUT2D eigenvalue weighted by Crippen LogP contribution is -2.62. The number of rotatable bonds is 27. The third kappa shape index (κ3) is 16.8. The Bertz CT molecular complexity index is 2730. The van der Waals surface area contributed by atoms with Gasteiger partial charge in [0.2, 0.25) is 59.1 Å². The molecule has 0 unspecified atom stereocenters. The number of hydrogen-bond acceptors (Lipinski definition) is 17. The molecule has 0 aromatic heterocycles. The number of hydrogen-bond donors (Lipinski definition) is 14. The summed E-state index contributed by atoms with van der Waals surface area (Å²) in [4.78, 5) is 182. The highest BCUT2D eigenvalue weighted by molar-refractivity contribution is 6.32. The Morgan fingerprint density at radius 3 is 1.82 bits per heavy atom. The van der Waals surface area contributed by atoms with Crippen LogP contribution in [0.3, 0.4) is 0 Å². The fourth-order valence-electron chi connectivity index (χ4n) is 8.51. The van der Waals surface area contributed by atoms with E-state index in [4.69, 9.17) is 5.73 Å². The summed E-state index contributed by atoms with van der Waals surface area (Å²) in [5.41, 5.74) is 6.05. The molecule has 428 valence electrons. The number of carbonyl (C=O) groups is 14. The van der Waals surface area contributed by atoms with E-state index in [0.29, 0.717) is 0 Å². The lowest BCUT2D eigenvalue weighted by molar-refractivity contribution is -0.145. The van der Waals surface area contributed by atoms with E-state index >= 15 is 0 Å². The van der Waals surface area contributed by atoms with E-state index in [1.54, 1.807) is 12.1 Å². The molecule has 4 rings (SSSR count). The second-order valence-corrected chi connectivity index (χ2v) is 18.9. The molecule has 0 radical (unpaired) electrons. The van der Waals surface area contributed by atoms with Crippen molar-refractivity contribution in [1.29, 1.82) is 0 Å². The maximum absolute atomic E-state index is 14.0. The summed E-state index contributed by atoms with van der Waals surface area (Å²) in [7, 11) is 0. The maximum Gasteiger partial charge on any atom is 0.305 e. The highest BCUT2D eigenvalue weighted by Gasteiger charge is 2.42. The SMILES string of the molecule is CC[C@H](NC(=O)[C@@H]1CCCN1C(=O)[C@@H](NC(=O)[C@@H](NC(=O)[C@H](CCC(=O)O)NC(=O)[C@H](CC(=O)O)NC(C)=O)C(C)C)[C@@H](C)O)C(=O)N[C@@H](CO)C(=O)NCC(=O)NCC(=O)Nc1ccc(N)c2c1C(=O)c1ccccc1C2=O. The molecule has 10 amide bonds. The normalized spacial score (nSPS) is 16.2. The first-order valence-corrected chi connectivity index (χ1v) is 25.0. The first-order valence-electron chi connectivity index (χ1n) is 25.0. The number of aliphatic hydroxyl groups excluding tert-OH is 2. The largest absolute Gasteiger partial charge is 0.481 e. The number of ketones is 2. The van der Waals surface area contributed by atoms with Crippen LogP contribution < -0.4 is 53.6 Å². The van der Waals surface area contributed by atoms with Crippen molar-refractivity contribution in [3.05, 3.63) is 58.7 Å². The van der Waals surface area contributed by atoms with Crippen LogP contribution >= 0.6 is 0 Å². The molecule has 2 aromatic carbocycles. The average molecular weight is 1110 g/mol. The van der Waals surface area contributed by atoms with Crippen LogP contribution in [0, 0.1) is 5.92 Å². The molecule has 1 aliphatic heterocycles. The van der Waals surface area contributed by atoms with Crippen LogP contribution in [0.5, 0.6) is 0 Å². The number of carbonyl (C=O) groups excluding carboxylic acids is 12. The molecule has 1 fully saturated rings. The molecule has 0 saturated carbocycles. The molecule has 1 aliphatic carbocycles. The number of benzene rings is 2. The Labute approximate surface area is 451 Å². The Kier molecular flexibility index (Phi) is 22.6. The van der Waals surface area contributed by atoms with Crippen LogP contribution in [0.2, 0.25) is 0 Å². The Morgan fingerprint density at radius 2 is 1.25 bits per heavy atom. The first kappa shape index (κ1) is 62.7. The molecule has 29 heteroatoms. The number of amides is 10. The van der Waals surface area contributed by atoms with E-state index < -0.39 is 176 Å². The van der Waals surface area contributed by atoms with Crippen molar-refractivity contribution in [2.75, 3.05) is 37.3 Å². The highest BCUT2D eigenvalue weighted by Crippen LogP contribution is 2.35. The van der Waals surface area contributed by atoms with Crippen LogP contribution in [0.25, 0.3) is 0 Å². The molecule has 2 aromatic rings. The van der Waals surface area contributed by atoms with Crippen molar-refractivity contribution in [1.82, 2.24) is 47.4 Å². The lowest BCUT2D eigenvalue weighted by atomic mass is 9.82. The highest BCUT2D eigenvalue weighted by atomic mass is 16.4. The van der Waals surface area contributed by atoms with Gasteiger partial charge in [0, 0.05) is 36.7 Å². The summed E-state index contributed by atoms with van der Waals surface area (Å²) >= 11 is 0. The van der Waals surface area contributed by atoms with E-state index in [9.17, 15) is 87.5 Å². The summed E-state index contributed by atoms with van der Waals surface area (Å²) in [6, 6.07) is -2.08. The number of nitrogens with zero attached hydrogens (tertiary/aromatic N) is 1. The molecular formula is C50H65N11O18. The number of aliphatic hydroxyl groups is 2. The average Bonchev–Trinajstić information content (AvgIpc) is 3.98. The molecule has 8 atom stereocenters. The number of carboxylic acid groups (broad SMARTS) is 2.